The molecule has 6 saturated heterocycles. The van der Waals surface area contributed by atoms with Gasteiger partial charge in [-0.2, -0.15) is 18.5 Å². The fraction of sp³-hybridized carbons (Fsp3) is 0.733. The Kier molecular flexibility index (Phi) is 7.60. The zero-order chi connectivity index (χ0) is 38.0. The summed E-state index contributed by atoms with van der Waals surface area (Å²) in [5.74, 6) is 1.48. The molecular formula is C30H42N16O8S. The van der Waals surface area contributed by atoms with Gasteiger partial charge in [0, 0.05) is 13.1 Å². The van der Waals surface area contributed by atoms with E-state index in [1.54, 1.807) is 23.9 Å². The van der Waals surface area contributed by atoms with E-state index in [2.05, 4.69) is 41.7 Å². The van der Waals surface area contributed by atoms with Gasteiger partial charge in [-0.25, -0.2) is 9.59 Å². The van der Waals surface area contributed by atoms with Gasteiger partial charge < -0.3 is 49.7 Å². The third kappa shape index (κ3) is 5.48. The van der Waals surface area contributed by atoms with Crippen LogP contribution in [-0.4, -0.2) is 148 Å². The summed E-state index contributed by atoms with van der Waals surface area (Å²) < 4.78 is 50.4. The molecule has 8 fully saturated rings. The Labute approximate surface area is 314 Å². The summed E-state index contributed by atoms with van der Waals surface area (Å²) in [4.78, 5) is 34.3. The maximum Gasteiger partial charge on any atom is 0.442 e. The van der Waals surface area contributed by atoms with E-state index in [9.17, 15) is 18.0 Å². The highest BCUT2D eigenvalue weighted by Gasteiger charge is 2.67. The molecule has 25 heteroatoms. The van der Waals surface area contributed by atoms with Crippen LogP contribution >= 0.6 is 0 Å². The molecule has 2 unspecified atom stereocenters. The summed E-state index contributed by atoms with van der Waals surface area (Å²) in [7, 11) is -1.39. The maximum atomic E-state index is 13.9. The molecule has 4 amide bonds. The minimum absolute atomic E-state index is 0.181. The number of amides is 4. The van der Waals surface area contributed by atoms with Gasteiger partial charge in [-0.05, 0) is 63.5 Å². The predicted octanol–water partition coefficient (Wildman–Crippen LogP) is -0.961. The number of rotatable bonds is 12. The summed E-state index contributed by atoms with van der Waals surface area (Å²) in [6.07, 6.45) is 3.92. The SMILES string of the molecule is CNCN1CC(c2nnc([C@@H]3CC4(CC4)[C@@H]4CN3C(=O)N4OS(=O)(=O)ON3C(=O)N4C[C@H]3C3(CC3)C[C@H]4c3nnc(C4CN(CNC)C(=N)N4)o3)o2)NC1=N. The molecule has 24 nitrogen and oxygen atoms in total. The van der Waals surface area contributed by atoms with Crippen LogP contribution in [0.2, 0.25) is 0 Å². The summed E-state index contributed by atoms with van der Waals surface area (Å²) in [6, 6.07) is -4.53. The summed E-state index contributed by atoms with van der Waals surface area (Å²) in [5.41, 5.74) is -0.845. The fourth-order valence-electron chi connectivity index (χ4n) is 9.30. The van der Waals surface area contributed by atoms with Crippen molar-refractivity contribution in [1.29, 1.82) is 10.8 Å². The highest BCUT2D eigenvalue weighted by atomic mass is 32.3. The van der Waals surface area contributed by atoms with Crippen molar-refractivity contribution in [3.05, 3.63) is 23.6 Å². The first-order chi connectivity index (χ1) is 26.4. The van der Waals surface area contributed by atoms with E-state index in [-0.39, 0.29) is 48.6 Å². The zero-order valence-corrected chi connectivity index (χ0v) is 30.9. The van der Waals surface area contributed by atoms with Crippen molar-refractivity contribution in [3.63, 3.8) is 0 Å². The Morgan fingerprint density at radius 3 is 1.49 bits per heavy atom. The molecule has 2 aromatic rings. The standard InChI is InChI=1S/C30H42N16O8S/c1-33-13-41-9-15(35-25(41)31)21-37-39-23(51-21)17-7-29(3-4-29)19-11-43(17)27(47)45(19)53-55(49,50)54-46-20-12-44(28(46)48)18(8-30(20)5-6-30)24-40-38-22(52-24)16-10-42(14-34-2)26(32)36-16/h15-20,33-34H,3-14H2,1-2H3,(H2,31,35)(H2,32,36)/t15?,16?,17-,18-,19-,20-/m0/s1. The first-order valence-electron chi connectivity index (χ1n) is 18.4. The molecule has 2 saturated carbocycles. The first-order valence-corrected chi connectivity index (χ1v) is 19.7. The third-order valence-electron chi connectivity index (χ3n) is 12.5. The zero-order valence-electron chi connectivity index (χ0n) is 30.1. The van der Waals surface area contributed by atoms with Crippen molar-refractivity contribution >= 4 is 34.4 Å². The van der Waals surface area contributed by atoms with E-state index in [4.69, 9.17) is 28.2 Å². The van der Waals surface area contributed by atoms with Crippen molar-refractivity contribution in [2.45, 2.75) is 74.8 Å². The van der Waals surface area contributed by atoms with Crippen molar-refractivity contribution < 1.29 is 35.4 Å². The van der Waals surface area contributed by atoms with Gasteiger partial charge in [-0.1, -0.05) is 0 Å². The number of nitrogens with zero attached hydrogens (tertiary/aromatic N) is 10. The molecule has 8 aliphatic rings. The van der Waals surface area contributed by atoms with Crippen LogP contribution in [0.25, 0.3) is 0 Å². The summed E-state index contributed by atoms with van der Waals surface area (Å²) in [6.45, 7) is 2.19. The minimum Gasteiger partial charge on any atom is -0.421 e. The van der Waals surface area contributed by atoms with Gasteiger partial charge in [-0.3, -0.25) is 10.8 Å². The maximum absolute atomic E-state index is 13.9. The second-order valence-electron chi connectivity index (χ2n) is 15.8. The average Bonchev–Trinajstić information content (AvgIpc) is 3.61. The van der Waals surface area contributed by atoms with Crippen molar-refractivity contribution in [2.75, 3.05) is 53.6 Å². The molecule has 0 aromatic carbocycles. The topological polar surface area (TPSA) is 280 Å². The third-order valence-corrected chi connectivity index (χ3v) is 13.2. The number of fused-ring (bicyclic) bond motifs is 6. The van der Waals surface area contributed by atoms with Crippen LogP contribution in [-0.2, 0) is 19.0 Å². The number of hydrogen-bond donors (Lipinski definition) is 6. The molecule has 2 spiro atoms. The van der Waals surface area contributed by atoms with E-state index in [1.807, 2.05) is 0 Å². The monoisotopic (exact) mass is 786 g/mol. The van der Waals surface area contributed by atoms with Crippen LogP contribution in [0.4, 0.5) is 9.59 Å². The van der Waals surface area contributed by atoms with E-state index < -0.39 is 69.5 Å². The number of hydrogen-bond acceptors (Lipinski definition) is 16. The molecule has 55 heavy (non-hydrogen) atoms. The van der Waals surface area contributed by atoms with Gasteiger partial charge in [-0.15, -0.1) is 29.0 Å². The first kappa shape index (κ1) is 34.6. The normalized spacial score (nSPS) is 31.5. The molecule has 0 radical (unpaired) electrons. The van der Waals surface area contributed by atoms with E-state index in [1.165, 1.54) is 9.80 Å². The van der Waals surface area contributed by atoms with E-state index in [0.717, 1.165) is 35.8 Å². The Morgan fingerprint density at radius 2 is 1.11 bits per heavy atom. The summed E-state index contributed by atoms with van der Waals surface area (Å²) in [5, 5.41) is 47.2. The van der Waals surface area contributed by atoms with Gasteiger partial charge in [0.1, 0.15) is 24.2 Å². The number of aromatic nitrogens is 4. The molecule has 6 N–H and O–H groups in total. The second-order valence-corrected chi connectivity index (χ2v) is 16.9. The average molecular weight is 787 g/mol. The van der Waals surface area contributed by atoms with Crippen LogP contribution in [0, 0.1) is 21.6 Å². The molecule has 6 atom stereocenters. The number of carbonyl (C=O) groups is 2. The Bertz CT molecular complexity index is 1920. The molecule has 8 heterocycles. The quantitative estimate of drug-likeness (QED) is 0.151. The van der Waals surface area contributed by atoms with Gasteiger partial charge in [0.25, 0.3) is 0 Å². The van der Waals surface area contributed by atoms with Crippen molar-refractivity contribution in [1.82, 2.24) is 71.4 Å². The second kappa shape index (κ2) is 12.1. The lowest BCUT2D eigenvalue weighted by Crippen LogP contribution is -2.45. The van der Waals surface area contributed by atoms with Crippen LogP contribution in [0.3, 0.4) is 0 Å². The largest absolute Gasteiger partial charge is 0.442 e. The predicted molar refractivity (Wildman–Crippen MR) is 182 cm³/mol. The van der Waals surface area contributed by atoms with Crippen LogP contribution in [0.15, 0.2) is 8.83 Å². The fourth-order valence-corrected chi connectivity index (χ4v) is 10.1. The minimum atomic E-state index is -4.97. The lowest BCUT2D eigenvalue weighted by atomic mass is 9.85. The molecular weight excluding hydrogens is 745 g/mol. The van der Waals surface area contributed by atoms with Crippen LogP contribution in [0.1, 0.15) is 86.3 Å². The molecule has 2 aromatic heterocycles. The van der Waals surface area contributed by atoms with Gasteiger partial charge in [0.05, 0.1) is 38.5 Å². The van der Waals surface area contributed by atoms with E-state index in [0.29, 0.717) is 39.3 Å². The van der Waals surface area contributed by atoms with Gasteiger partial charge in [0.15, 0.2) is 11.9 Å². The Hall–Kier alpha value is -4.85. The number of guanidine groups is 2. The Balaban J connectivity index is 0.829. The van der Waals surface area contributed by atoms with E-state index >= 15 is 0 Å². The number of nitrogens with one attached hydrogen (secondary N) is 6. The van der Waals surface area contributed by atoms with Crippen molar-refractivity contribution in [3.8, 4) is 0 Å². The molecule has 4 bridgehead atoms. The van der Waals surface area contributed by atoms with Crippen LogP contribution < -0.4 is 21.3 Å². The van der Waals surface area contributed by atoms with Crippen LogP contribution in [0.5, 0.6) is 0 Å². The molecule has 2 aliphatic carbocycles. The molecule has 296 valence electrons. The molecule has 6 aliphatic heterocycles. The highest BCUT2D eigenvalue weighted by molar-refractivity contribution is 7.81. The number of hydroxylamine groups is 4. The lowest BCUT2D eigenvalue weighted by Gasteiger charge is -2.35. The number of carbonyl (C=O) groups excluding carboxylic acids is 2. The van der Waals surface area contributed by atoms with Gasteiger partial charge in [0.2, 0.25) is 23.6 Å². The van der Waals surface area contributed by atoms with Crippen molar-refractivity contribution in [2.24, 2.45) is 10.8 Å². The van der Waals surface area contributed by atoms with Gasteiger partial charge >= 0.3 is 22.5 Å². The number of piperidine rings is 2. The highest BCUT2D eigenvalue weighted by Crippen LogP contribution is 2.63. The smallest absolute Gasteiger partial charge is 0.421 e. The summed E-state index contributed by atoms with van der Waals surface area (Å²) >= 11 is 0. The lowest BCUT2D eigenvalue weighted by molar-refractivity contribution is -0.101. The Morgan fingerprint density at radius 1 is 0.709 bits per heavy atom. The number of urea groups is 2. The molecule has 10 rings (SSSR count).